The Kier molecular flexibility index (Phi) is 7.34. The molecule has 1 aromatic carbocycles. The molecule has 1 rings (SSSR count). The van der Waals surface area contributed by atoms with E-state index in [-0.39, 0.29) is 11.8 Å². The van der Waals surface area contributed by atoms with Crippen molar-refractivity contribution in [3.8, 4) is 5.75 Å². The predicted molar refractivity (Wildman–Crippen MR) is 83.4 cm³/mol. The molecule has 114 valence electrons. The number of rotatable bonds is 9. The molecule has 0 aliphatic heterocycles. The minimum absolute atomic E-state index is 0.150. The first kappa shape index (κ1) is 17.3. The quantitative estimate of drug-likeness (QED) is 0.760. The summed E-state index contributed by atoms with van der Waals surface area (Å²) >= 11 is 5.81. The molecule has 0 saturated heterocycles. The fourth-order valence-corrected chi connectivity index (χ4v) is 2.67. The highest BCUT2D eigenvalue weighted by atomic mass is 35.5. The van der Waals surface area contributed by atoms with Gasteiger partial charge in [-0.3, -0.25) is 0 Å². The highest BCUT2D eigenvalue weighted by Crippen LogP contribution is 2.16. The van der Waals surface area contributed by atoms with Gasteiger partial charge in [-0.15, -0.1) is 0 Å². The molecule has 4 nitrogen and oxygen atoms in total. The van der Waals surface area contributed by atoms with E-state index >= 15 is 0 Å². The van der Waals surface area contributed by atoms with Crippen LogP contribution in [0.3, 0.4) is 0 Å². The summed E-state index contributed by atoms with van der Waals surface area (Å²) in [4.78, 5) is 0. The number of ether oxygens (including phenoxy) is 1. The summed E-state index contributed by atoms with van der Waals surface area (Å²) in [5.74, 6) is 0.982. The summed E-state index contributed by atoms with van der Waals surface area (Å²) in [7, 11) is -2.89. The fourth-order valence-electron chi connectivity index (χ4n) is 1.85. The molecule has 20 heavy (non-hydrogen) atoms. The molecular weight excluding hydrogens is 298 g/mol. The Morgan fingerprint density at radius 2 is 1.95 bits per heavy atom. The molecule has 0 aromatic heterocycles. The molecular formula is C14H22ClNO3S. The minimum Gasteiger partial charge on any atom is -0.492 e. The van der Waals surface area contributed by atoms with Crippen LogP contribution >= 0.6 is 11.6 Å². The first-order chi connectivity index (χ1) is 9.40. The molecule has 0 aliphatic rings. The third kappa shape index (κ3) is 7.72. The lowest BCUT2D eigenvalue weighted by Crippen LogP contribution is -2.34. The van der Waals surface area contributed by atoms with E-state index < -0.39 is 9.84 Å². The maximum Gasteiger partial charge on any atom is 0.147 e. The fraction of sp³-hybridized carbons (Fsp3) is 0.571. The number of nitrogens with one attached hydrogen (secondary N) is 1. The number of hydrogen-bond acceptors (Lipinski definition) is 4. The third-order valence-corrected chi connectivity index (χ3v) is 4.11. The van der Waals surface area contributed by atoms with Gasteiger partial charge < -0.3 is 10.1 Å². The van der Waals surface area contributed by atoms with Crippen molar-refractivity contribution >= 4 is 21.4 Å². The van der Waals surface area contributed by atoms with Gasteiger partial charge in [-0.05, 0) is 43.7 Å². The molecule has 6 heteroatoms. The number of likely N-dealkylation sites (N-methyl/N-ethyl adjacent to an activating group) is 1. The summed E-state index contributed by atoms with van der Waals surface area (Å²) in [5.41, 5.74) is 0. The van der Waals surface area contributed by atoms with Gasteiger partial charge in [-0.1, -0.05) is 18.5 Å². The Morgan fingerprint density at radius 3 is 2.50 bits per heavy atom. The first-order valence-corrected chi connectivity index (χ1v) is 9.14. The lowest BCUT2D eigenvalue weighted by Gasteiger charge is -2.18. The van der Waals surface area contributed by atoms with E-state index in [0.29, 0.717) is 18.1 Å². The van der Waals surface area contributed by atoms with E-state index in [1.165, 1.54) is 6.26 Å². The Balaban J connectivity index is 2.40. The molecule has 0 aliphatic carbocycles. The zero-order chi connectivity index (χ0) is 15.0. The van der Waals surface area contributed by atoms with Gasteiger partial charge in [0, 0.05) is 23.1 Å². The largest absolute Gasteiger partial charge is 0.492 e. The van der Waals surface area contributed by atoms with Crippen LogP contribution in [0.1, 0.15) is 19.8 Å². The van der Waals surface area contributed by atoms with Gasteiger partial charge in [-0.2, -0.15) is 0 Å². The average molecular weight is 320 g/mol. The third-order valence-electron chi connectivity index (χ3n) is 2.83. The van der Waals surface area contributed by atoms with E-state index in [2.05, 4.69) is 5.32 Å². The van der Waals surface area contributed by atoms with Crippen molar-refractivity contribution in [2.24, 2.45) is 0 Å². The van der Waals surface area contributed by atoms with Crippen LogP contribution < -0.4 is 10.1 Å². The predicted octanol–water partition coefficient (Wildman–Crippen LogP) is 2.52. The Bertz CT molecular complexity index is 488. The van der Waals surface area contributed by atoms with E-state index in [4.69, 9.17) is 16.3 Å². The zero-order valence-electron chi connectivity index (χ0n) is 11.9. The van der Waals surface area contributed by atoms with Crippen molar-refractivity contribution in [2.75, 3.05) is 25.2 Å². The first-order valence-electron chi connectivity index (χ1n) is 6.70. The normalized spacial score (nSPS) is 13.2. The number of hydrogen-bond donors (Lipinski definition) is 1. The minimum atomic E-state index is -2.89. The molecule has 0 bridgehead atoms. The summed E-state index contributed by atoms with van der Waals surface area (Å²) < 4.78 is 27.9. The maximum atomic E-state index is 11.1. The van der Waals surface area contributed by atoms with Crippen molar-refractivity contribution in [3.05, 3.63) is 29.3 Å². The van der Waals surface area contributed by atoms with Gasteiger partial charge in [0.15, 0.2) is 0 Å². The Hall–Kier alpha value is -0.780. The molecule has 0 radical (unpaired) electrons. The lowest BCUT2D eigenvalue weighted by molar-refractivity contribution is 0.258. The van der Waals surface area contributed by atoms with E-state index in [0.717, 1.165) is 18.7 Å². The highest BCUT2D eigenvalue weighted by molar-refractivity contribution is 7.90. The van der Waals surface area contributed by atoms with Gasteiger partial charge in [0.1, 0.15) is 22.2 Å². The molecule has 1 aromatic rings. The number of sulfone groups is 1. The van der Waals surface area contributed by atoms with Gasteiger partial charge >= 0.3 is 0 Å². The van der Waals surface area contributed by atoms with Crippen LogP contribution in [0.4, 0.5) is 0 Å². The molecule has 0 amide bonds. The van der Waals surface area contributed by atoms with Crippen molar-refractivity contribution in [1.29, 1.82) is 0 Å². The highest BCUT2D eigenvalue weighted by Gasteiger charge is 2.10. The van der Waals surface area contributed by atoms with Crippen molar-refractivity contribution in [3.63, 3.8) is 0 Å². The summed E-state index contributed by atoms with van der Waals surface area (Å²) in [6.45, 7) is 3.36. The Morgan fingerprint density at radius 1 is 1.30 bits per heavy atom. The van der Waals surface area contributed by atoms with E-state index in [1.54, 1.807) is 12.1 Å². The van der Waals surface area contributed by atoms with Crippen LogP contribution in [-0.4, -0.2) is 39.6 Å². The number of halogens is 1. The van der Waals surface area contributed by atoms with E-state index in [1.807, 2.05) is 19.1 Å². The maximum absolute atomic E-state index is 11.1. The van der Waals surface area contributed by atoms with Crippen molar-refractivity contribution in [2.45, 2.75) is 25.8 Å². The Labute approximate surface area is 126 Å². The second-order valence-electron chi connectivity index (χ2n) is 4.79. The number of benzene rings is 1. The molecule has 1 N–H and O–H groups in total. The summed E-state index contributed by atoms with van der Waals surface area (Å²) in [6, 6.07) is 7.35. The van der Waals surface area contributed by atoms with Crippen LogP contribution in [0.2, 0.25) is 5.02 Å². The van der Waals surface area contributed by atoms with Gasteiger partial charge in [0.2, 0.25) is 0 Å². The lowest BCUT2D eigenvalue weighted by atomic mass is 10.2. The average Bonchev–Trinajstić information content (AvgIpc) is 2.36. The van der Waals surface area contributed by atoms with Crippen LogP contribution in [-0.2, 0) is 9.84 Å². The van der Waals surface area contributed by atoms with Crippen LogP contribution in [0.15, 0.2) is 24.3 Å². The second kappa shape index (κ2) is 8.49. The van der Waals surface area contributed by atoms with Crippen LogP contribution in [0, 0.1) is 0 Å². The molecule has 1 atom stereocenters. The summed E-state index contributed by atoms with van der Waals surface area (Å²) in [5, 5.41) is 3.98. The standard InChI is InChI=1S/C14H22ClNO3S/c1-3-16-13(5-4-10-20(2,17)18)11-19-14-8-6-12(15)7-9-14/h6-9,13,16H,3-5,10-11H2,1-2H3. The topological polar surface area (TPSA) is 55.4 Å². The molecule has 0 spiro atoms. The van der Waals surface area contributed by atoms with Crippen LogP contribution in [0.25, 0.3) is 0 Å². The SMILES string of the molecule is CCNC(CCCS(C)(=O)=O)COc1ccc(Cl)cc1. The van der Waals surface area contributed by atoms with Gasteiger partial charge in [0.25, 0.3) is 0 Å². The molecule has 0 fully saturated rings. The van der Waals surface area contributed by atoms with Crippen LogP contribution in [0.5, 0.6) is 5.75 Å². The monoisotopic (exact) mass is 319 g/mol. The molecule has 0 heterocycles. The smallest absolute Gasteiger partial charge is 0.147 e. The molecule has 1 unspecified atom stereocenters. The summed E-state index contributed by atoms with van der Waals surface area (Å²) in [6.07, 6.45) is 2.68. The van der Waals surface area contributed by atoms with Gasteiger partial charge in [0.05, 0.1) is 0 Å². The van der Waals surface area contributed by atoms with Crippen molar-refractivity contribution < 1.29 is 13.2 Å². The second-order valence-corrected chi connectivity index (χ2v) is 7.49. The van der Waals surface area contributed by atoms with Crippen molar-refractivity contribution in [1.82, 2.24) is 5.32 Å². The zero-order valence-corrected chi connectivity index (χ0v) is 13.5. The molecule has 0 saturated carbocycles. The van der Waals surface area contributed by atoms with E-state index in [9.17, 15) is 8.42 Å². The van der Waals surface area contributed by atoms with Gasteiger partial charge in [-0.25, -0.2) is 8.42 Å².